The van der Waals surface area contributed by atoms with Gasteiger partial charge in [-0.05, 0) is 30.2 Å². The molecule has 0 radical (unpaired) electrons. The van der Waals surface area contributed by atoms with E-state index in [-0.39, 0.29) is 0 Å². The third-order valence-electron chi connectivity index (χ3n) is 4.26. The maximum atomic E-state index is 12.4. The highest BCUT2D eigenvalue weighted by molar-refractivity contribution is 5.99. The van der Waals surface area contributed by atoms with Gasteiger partial charge >= 0.3 is 0 Å². The van der Waals surface area contributed by atoms with Gasteiger partial charge in [0, 0.05) is 11.8 Å². The van der Waals surface area contributed by atoms with Crippen molar-refractivity contribution >= 4 is 11.8 Å². The van der Waals surface area contributed by atoms with Crippen molar-refractivity contribution in [1.29, 1.82) is 0 Å². The van der Waals surface area contributed by atoms with Crippen molar-refractivity contribution < 1.29 is 19.1 Å². The monoisotopic (exact) mass is 408 g/mol. The Bertz CT molecular complexity index is 1000. The van der Waals surface area contributed by atoms with E-state index in [1.54, 1.807) is 29.1 Å². The number of methoxy groups -OCH3 is 1. The van der Waals surface area contributed by atoms with E-state index in [1.165, 1.54) is 13.3 Å². The van der Waals surface area contributed by atoms with Gasteiger partial charge in [0.25, 0.3) is 11.8 Å². The van der Waals surface area contributed by atoms with Crippen LogP contribution in [0.25, 0.3) is 0 Å². The Balaban J connectivity index is 1.57. The Morgan fingerprint density at radius 1 is 1.00 bits per heavy atom. The molecule has 1 heterocycles. The average Bonchev–Trinajstić information content (AvgIpc) is 3.25. The molecule has 0 aliphatic rings. The summed E-state index contributed by atoms with van der Waals surface area (Å²) in [5, 5.41) is 4.19. The van der Waals surface area contributed by atoms with Crippen molar-refractivity contribution in [3.63, 3.8) is 0 Å². The second-order valence-electron chi connectivity index (χ2n) is 6.53. The molecule has 156 valence electrons. The van der Waals surface area contributed by atoms with Crippen molar-refractivity contribution in [1.82, 2.24) is 20.6 Å². The first kappa shape index (κ1) is 20.9. The highest BCUT2D eigenvalue weighted by Crippen LogP contribution is 2.28. The van der Waals surface area contributed by atoms with Crippen LogP contribution in [0.1, 0.15) is 39.6 Å². The maximum absolute atomic E-state index is 12.4. The number of rotatable bonds is 8. The minimum atomic E-state index is -0.472. The molecule has 3 aromatic rings. The zero-order valence-electron chi connectivity index (χ0n) is 16.9. The molecule has 2 N–H and O–H groups in total. The van der Waals surface area contributed by atoms with Crippen molar-refractivity contribution in [2.75, 3.05) is 13.7 Å². The fourth-order valence-corrected chi connectivity index (χ4v) is 2.74. The number of nitrogens with one attached hydrogen (secondary N) is 2. The number of ether oxygens (including phenoxy) is 2. The molecular weight excluding hydrogens is 384 g/mol. The van der Waals surface area contributed by atoms with E-state index in [0.29, 0.717) is 35.8 Å². The van der Waals surface area contributed by atoms with Gasteiger partial charge in [-0.25, -0.2) is 0 Å². The first-order valence-electron chi connectivity index (χ1n) is 9.58. The summed E-state index contributed by atoms with van der Waals surface area (Å²) in [5.41, 5.74) is 6.54. The van der Waals surface area contributed by atoms with E-state index in [1.807, 2.05) is 37.3 Å². The van der Waals surface area contributed by atoms with Crippen LogP contribution < -0.4 is 20.3 Å². The Kier molecular flexibility index (Phi) is 7.05. The lowest BCUT2D eigenvalue weighted by molar-refractivity contribution is 0.0846. The SMILES string of the molecule is CCCOc1ccc(C(=O)NNC(=O)c2cnn(Cc3ccccc3)c2)cc1OC. The molecule has 2 aromatic carbocycles. The van der Waals surface area contributed by atoms with E-state index in [4.69, 9.17) is 9.47 Å². The van der Waals surface area contributed by atoms with Crippen LogP contribution in [0.5, 0.6) is 11.5 Å². The largest absolute Gasteiger partial charge is 0.493 e. The van der Waals surface area contributed by atoms with Gasteiger partial charge in [-0.2, -0.15) is 5.10 Å². The molecule has 1 aromatic heterocycles. The smallest absolute Gasteiger partial charge is 0.272 e. The van der Waals surface area contributed by atoms with Crippen LogP contribution in [0.4, 0.5) is 0 Å². The zero-order chi connectivity index (χ0) is 21.3. The third kappa shape index (κ3) is 5.38. The lowest BCUT2D eigenvalue weighted by Crippen LogP contribution is -2.41. The van der Waals surface area contributed by atoms with Gasteiger partial charge in [0.15, 0.2) is 11.5 Å². The molecule has 0 bridgehead atoms. The molecule has 0 atom stereocenters. The summed E-state index contributed by atoms with van der Waals surface area (Å²) in [7, 11) is 1.50. The summed E-state index contributed by atoms with van der Waals surface area (Å²) in [6.07, 6.45) is 3.93. The highest BCUT2D eigenvalue weighted by Gasteiger charge is 2.14. The maximum Gasteiger partial charge on any atom is 0.272 e. The van der Waals surface area contributed by atoms with E-state index in [9.17, 15) is 9.59 Å². The van der Waals surface area contributed by atoms with E-state index in [2.05, 4.69) is 16.0 Å². The molecule has 8 heteroatoms. The average molecular weight is 408 g/mol. The lowest BCUT2D eigenvalue weighted by atomic mass is 10.2. The Morgan fingerprint density at radius 2 is 1.73 bits per heavy atom. The van der Waals surface area contributed by atoms with Gasteiger partial charge < -0.3 is 9.47 Å². The number of aromatic nitrogens is 2. The van der Waals surface area contributed by atoms with Crippen LogP contribution >= 0.6 is 0 Å². The fourth-order valence-electron chi connectivity index (χ4n) is 2.74. The van der Waals surface area contributed by atoms with Crippen LogP contribution in [-0.2, 0) is 6.54 Å². The molecular formula is C22H24N4O4. The Labute approximate surface area is 174 Å². The van der Waals surface area contributed by atoms with Crippen molar-refractivity contribution in [3.05, 3.63) is 77.6 Å². The summed E-state index contributed by atoms with van der Waals surface area (Å²) in [5.74, 6) is 0.0771. The Morgan fingerprint density at radius 3 is 2.43 bits per heavy atom. The molecule has 8 nitrogen and oxygen atoms in total. The summed E-state index contributed by atoms with van der Waals surface area (Å²) in [6, 6.07) is 14.6. The van der Waals surface area contributed by atoms with Crippen molar-refractivity contribution in [2.24, 2.45) is 0 Å². The number of hydrogen-bond acceptors (Lipinski definition) is 5. The summed E-state index contributed by atoms with van der Waals surface area (Å²) in [6.45, 7) is 3.10. The first-order chi connectivity index (χ1) is 14.6. The molecule has 0 aliphatic heterocycles. The molecule has 0 aliphatic carbocycles. The molecule has 0 spiro atoms. The van der Waals surface area contributed by atoms with Gasteiger partial charge in [0.05, 0.1) is 32.0 Å². The van der Waals surface area contributed by atoms with Crippen LogP contribution in [-0.4, -0.2) is 35.3 Å². The number of carbonyl (C=O) groups excluding carboxylic acids is 2. The number of carbonyl (C=O) groups is 2. The number of nitrogens with zero attached hydrogens (tertiary/aromatic N) is 2. The molecule has 2 amide bonds. The second-order valence-corrected chi connectivity index (χ2v) is 6.53. The summed E-state index contributed by atoms with van der Waals surface area (Å²) >= 11 is 0. The molecule has 30 heavy (non-hydrogen) atoms. The highest BCUT2D eigenvalue weighted by atomic mass is 16.5. The minimum Gasteiger partial charge on any atom is -0.493 e. The summed E-state index contributed by atoms with van der Waals surface area (Å²) < 4.78 is 12.5. The second kappa shape index (κ2) is 10.1. The molecule has 0 saturated heterocycles. The zero-order valence-corrected chi connectivity index (χ0v) is 16.9. The third-order valence-corrected chi connectivity index (χ3v) is 4.26. The van der Waals surface area contributed by atoms with Gasteiger partial charge in [-0.3, -0.25) is 25.1 Å². The van der Waals surface area contributed by atoms with E-state index >= 15 is 0 Å². The van der Waals surface area contributed by atoms with Gasteiger partial charge in [-0.15, -0.1) is 0 Å². The first-order valence-corrected chi connectivity index (χ1v) is 9.58. The number of amides is 2. The quantitative estimate of drug-likeness (QED) is 0.559. The van der Waals surface area contributed by atoms with Crippen LogP contribution in [0, 0.1) is 0 Å². The van der Waals surface area contributed by atoms with E-state index in [0.717, 1.165) is 12.0 Å². The normalized spacial score (nSPS) is 10.3. The van der Waals surface area contributed by atoms with E-state index < -0.39 is 11.8 Å². The lowest BCUT2D eigenvalue weighted by Gasteiger charge is -2.12. The topological polar surface area (TPSA) is 94.5 Å². The number of benzene rings is 2. The molecule has 0 unspecified atom stereocenters. The van der Waals surface area contributed by atoms with Crippen molar-refractivity contribution in [2.45, 2.75) is 19.9 Å². The number of hydrazine groups is 1. The van der Waals surface area contributed by atoms with Gasteiger partial charge in [0.1, 0.15) is 0 Å². The molecule has 0 fully saturated rings. The standard InChI is InChI=1S/C22H24N4O4/c1-3-11-30-19-10-9-17(12-20(19)29-2)21(27)24-25-22(28)18-13-23-26(15-18)14-16-7-5-4-6-8-16/h4-10,12-13,15H,3,11,14H2,1-2H3,(H,24,27)(H,25,28). The predicted octanol–water partition coefficient (Wildman–Crippen LogP) is 2.80. The minimum absolute atomic E-state index is 0.329. The number of hydrogen-bond donors (Lipinski definition) is 2. The Hall–Kier alpha value is -3.81. The predicted molar refractivity (Wildman–Crippen MR) is 111 cm³/mol. The molecule has 0 saturated carbocycles. The van der Waals surface area contributed by atoms with Crippen LogP contribution in [0.3, 0.4) is 0 Å². The van der Waals surface area contributed by atoms with Gasteiger partial charge in [0.2, 0.25) is 0 Å². The van der Waals surface area contributed by atoms with Crippen LogP contribution in [0.15, 0.2) is 60.9 Å². The molecule has 3 rings (SSSR count). The van der Waals surface area contributed by atoms with Crippen LogP contribution in [0.2, 0.25) is 0 Å². The van der Waals surface area contributed by atoms with Crippen molar-refractivity contribution in [3.8, 4) is 11.5 Å². The fraction of sp³-hybridized carbons (Fsp3) is 0.227. The van der Waals surface area contributed by atoms with Gasteiger partial charge in [-0.1, -0.05) is 37.3 Å². The summed E-state index contributed by atoms with van der Waals surface area (Å²) in [4.78, 5) is 24.7.